The third kappa shape index (κ3) is 3.59. The van der Waals surface area contributed by atoms with Gasteiger partial charge in [-0.1, -0.05) is 18.2 Å². The van der Waals surface area contributed by atoms with E-state index in [1.54, 1.807) is 7.11 Å². The van der Waals surface area contributed by atoms with Crippen LogP contribution >= 0.6 is 11.3 Å². The second-order valence-corrected chi connectivity index (χ2v) is 5.31. The minimum Gasteiger partial charge on any atom is -0.497 e. The van der Waals surface area contributed by atoms with Crippen LogP contribution in [0.1, 0.15) is 23.4 Å². The molecule has 1 aromatic heterocycles. The molecule has 1 atom stereocenters. The van der Waals surface area contributed by atoms with Crippen LogP contribution in [0, 0.1) is 0 Å². The highest BCUT2D eigenvalue weighted by atomic mass is 32.1. The van der Waals surface area contributed by atoms with Crippen LogP contribution in [0.3, 0.4) is 0 Å². The summed E-state index contributed by atoms with van der Waals surface area (Å²) < 4.78 is 5.16. The smallest absolute Gasteiger partial charge is 0.118 e. The molecule has 2 rings (SSSR count). The molecular formula is C15H19NOS. The fourth-order valence-electron chi connectivity index (χ4n) is 1.88. The molecule has 0 unspecified atom stereocenters. The first-order chi connectivity index (χ1) is 8.79. The van der Waals surface area contributed by atoms with E-state index in [1.165, 1.54) is 10.4 Å². The summed E-state index contributed by atoms with van der Waals surface area (Å²) in [5.74, 6) is 0.907. The van der Waals surface area contributed by atoms with Gasteiger partial charge in [-0.25, -0.2) is 0 Å². The maximum atomic E-state index is 5.16. The lowest BCUT2D eigenvalue weighted by Gasteiger charge is -2.14. The summed E-state index contributed by atoms with van der Waals surface area (Å²) in [6.45, 7) is 3.20. The predicted octanol–water partition coefficient (Wildman–Crippen LogP) is 3.65. The van der Waals surface area contributed by atoms with Crippen molar-refractivity contribution in [3.63, 3.8) is 0 Å². The van der Waals surface area contributed by atoms with Gasteiger partial charge in [0.1, 0.15) is 5.75 Å². The molecule has 0 aliphatic heterocycles. The minimum atomic E-state index is 0.371. The highest BCUT2D eigenvalue weighted by Gasteiger charge is 2.04. The minimum absolute atomic E-state index is 0.371. The monoisotopic (exact) mass is 261 g/mol. The molecule has 2 aromatic rings. The van der Waals surface area contributed by atoms with Crippen molar-refractivity contribution >= 4 is 11.3 Å². The lowest BCUT2D eigenvalue weighted by molar-refractivity contribution is 0.414. The van der Waals surface area contributed by atoms with Crippen molar-refractivity contribution in [2.75, 3.05) is 13.7 Å². The van der Waals surface area contributed by atoms with E-state index >= 15 is 0 Å². The SMILES string of the molecule is COc1ccc([C@H](C)NCCc2cccs2)cc1. The van der Waals surface area contributed by atoms with E-state index < -0.39 is 0 Å². The molecule has 0 radical (unpaired) electrons. The molecule has 18 heavy (non-hydrogen) atoms. The number of thiophene rings is 1. The van der Waals surface area contributed by atoms with Gasteiger partial charge in [0.25, 0.3) is 0 Å². The summed E-state index contributed by atoms with van der Waals surface area (Å²) in [6.07, 6.45) is 1.10. The average molecular weight is 261 g/mol. The van der Waals surface area contributed by atoms with Gasteiger partial charge >= 0.3 is 0 Å². The number of nitrogens with one attached hydrogen (secondary N) is 1. The first-order valence-corrected chi connectivity index (χ1v) is 7.07. The van der Waals surface area contributed by atoms with Crippen molar-refractivity contribution < 1.29 is 4.74 Å². The Morgan fingerprint density at radius 3 is 2.61 bits per heavy atom. The summed E-state index contributed by atoms with van der Waals surface area (Å²) >= 11 is 1.82. The van der Waals surface area contributed by atoms with Crippen LogP contribution in [-0.4, -0.2) is 13.7 Å². The Hall–Kier alpha value is -1.32. The Labute approximate surface area is 113 Å². The van der Waals surface area contributed by atoms with E-state index in [-0.39, 0.29) is 0 Å². The highest BCUT2D eigenvalue weighted by molar-refractivity contribution is 7.09. The number of hydrogen-bond donors (Lipinski definition) is 1. The van der Waals surface area contributed by atoms with E-state index in [0.717, 1.165) is 18.7 Å². The lowest BCUT2D eigenvalue weighted by Crippen LogP contribution is -2.21. The fraction of sp³-hybridized carbons (Fsp3) is 0.333. The second-order valence-electron chi connectivity index (χ2n) is 4.28. The topological polar surface area (TPSA) is 21.3 Å². The standard InChI is InChI=1S/C15H19NOS/c1-12(13-5-7-14(17-2)8-6-13)16-10-9-15-4-3-11-18-15/h3-8,11-12,16H,9-10H2,1-2H3/t12-/m0/s1. The molecule has 2 nitrogen and oxygen atoms in total. The third-order valence-electron chi connectivity index (χ3n) is 3.02. The van der Waals surface area contributed by atoms with Crippen molar-refractivity contribution in [1.29, 1.82) is 0 Å². The molecule has 0 spiro atoms. The summed E-state index contributed by atoms with van der Waals surface area (Å²) in [7, 11) is 1.69. The van der Waals surface area contributed by atoms with Crippen molar-refractivity contribution in [3.05, 3.63) is 52.2 Å². The van der Waals surface area contributed by atoms with Crippen molar-refractivity contribution in [2.45, 2.75) is 19.4 Å². The largest absolute Gasteiger partial charge is 0.497 e. The maximum absolute atomic E-state index is 5.16. The van der Waals surface area contributed by atoms with Crippen LogP contribution in [0.4, 0.5) is 0 Å². The Morgan fingerprint density at radius 2 is 2.00 bits per heavy atom. The summed E-state index contributed by atoms with van der Waals surface area (Å²) in [5.41, 5.74) is 1.29. The zero-order chi connectivity index (χ0) is 12.8. The zero-order valence-electron chi connectivity index (χ0n) is 10.8. The van der Waals surface area contributed by atoms with Gasteiger partial charge in [0, 0.05) is 17.5 Å². The van der Waals surface area contributed by atoms with Gasteiger partial charge in [-0.2, -0.15) is 0 Å². The van der Waals surface area contributed by atoms with Gasteiger partial charge in [0.2, 0.25) is 0 Å². The molecule has 0 saturated carbocycles. The molecule has 1 heterocycles. The second kappa shape index (κ2) is 6.57. The van der Waals surface area contributed by atoms with E-state index in [1.807, 2.05) is 23.5 Å². The number of benzene rings is 1. The van der Waals surface area contributed by atoms with Crippen molar-refractivity contribution in [1.82, 2.24) is 5.32 Å². The quantitative estimate of drug-likeness (QED) is 0.857. The van der Waals surface area contributed by atoms with Crippen LogP contribution in [0.15, 0.2) is 41.8 Å². The average Bonchev–Trinajstić information content (AvgIpc) is 2.92. The summed E-state index contributed by atoms with van der Waals surface area (Å²) in [6, 6.07) is 12.9. The molecule has 0 aliphatic carbocycles. The molecule has 0 fully saturated rings. The van der Waals surface area contributed by atoms with E-state index in [2.05, 4.69) is 41.9 Å². The van der Waals surface area contributed by atoms with Crippen LogP contribution in [-0.2, 0) is 6.42 Å². The van der Waals surface area contributed by atoms with Gasteiger partial charge in [-0.3, -0.25) is 0 Å². The van der Waals surface area contributed by atoms with Gasteiger partial charge in [-0.15, -0.1) is 11.3 Å². The van der Waals surface area contributed by atoms with Crippen LogP contribution < -0.4 is 10.1 Å². The van der Waals surface area contributed by atoms with Crippen LogP contribution in [0.25, 0.3) is 0 Å². The third-order valence-corrected chi connectivity index (χ3v) is 3.95. The molecule has 0 amide bonds. The van der Waals surface area contributed by atoms with E-state index in [9.17, 15) is 0 Å². The molecule has 1 aromatic carbocycles. The van der Waals surface area contributed by atoms with E-state index in [0.29, 0.717) is 6.04 Å². The Balaban J connectivity index is 1.81. The Kier molecular flexibility index (Phi) is 4.79. The van der Waals surface area contributed by atoms with Gasteiger partial charge < -0.3 is 10.1 Å². The number of hydrogen-bond acceptors (Lipinski definition) is 3. The molecule has 0 saturated heterocycles. The number of rotatable bonds is 6. The predicted molar refractivity (Wildman–Crippen MR) is 77.4 cm³/mol. The van der Waals surface area contributed by atoms with Crippen molar-refractivity contribution in [2.24, 2.45) is 0 Å². The van der Waals surface area contributed by atoms with Gasteiger partial charge in [0.15, 0.2) is 0 Å². The van der Waals surface area contributed by atoms with E-state index in [4.69, 9.17) is 4.74 Å². The summed E-state index contributed by atoms with van der Waals surface area (Å²) in [5, 5.41) is 5.67. The first-order valence-electron chi connectivity index (χ1n) is 6.19. The molecule has 1 N–H and O–H groups in total. The molecule has 3 heteroatoms. The highest BCUT2D eigenvalue weighted by Crippen LogP contribution is 2.17. The normalized spacial score (nSPS) is 12.3. The first kappa shape index (κ1) is 13.1. The molecule has 96 valence electrons. The van der Waals surface area contributed by atoms with Crippen LogP contribution in [0.5, 0.6) is 5.75 Å². The van der Waals surface area contributed by atoms with Gasteiger partial charge in [-0.05, 0) is 42.5 Å². The molecule has 0 bridgehead atoms. The molecule has 0 aliphatic rings. The Bertz CT molecular complexity index is 450. The van der Waals surface area contributed by atoms with Crippen LogP contribution in [0.2, 0.25) is 0 Å². The Morgan fingerprint density at radius 1 is 1.22 bits per heavy atom. The van der Waals surface area contributed by atoms with Gasteiger partial charge in [0.05, 0.1) is 7.11 Å². The zero-order valence-corrected chi connectivity index (χ0v) is 11.7. The number of methoxy groups -OCH3 is 1. The number of ether oxygens (including phenoxy) is 1. The maximum Gasteiger partial charge on any atom is 0.118 e. The molecular weight excluding hydrogens is 242 g/mol. The summed E-state index contributed by atoms with van der Waals surface area (Å²) in [4.78, 5) is 1.43. The fourth-order valence-corrected chi connectivity index (χ4v) is 2.59. The lowest BCUT2D eigenvalue weighted by atomic mass is 10.1. The van der Waals surface area contributed by atoms with Crippen molar-refractivity contribution in [3.8, 4) is 5.75 Å².